The van der Waals surface area contributed by atoms with Gasteiger partial charge in [-0.25, -0.2) is 9.68 Å². The fourth-order valence-corrected chi connectivity index (χ4v) is 1.61. The summed E-state index contributed by atoms with van der Waals surface area (Å²) in [6.45, 7) is 6.59. The van der Waals surface area contributed by atoms with E-state index < -0.39 is 12.4 Å². The van der Waals surface area contributed by atoms with Crippen LogP contribution < -0.4 is 0 Å². The zero-order valence-electron chi connectivity index (χ0n) is 11.7. The minimum absolute atomic E-state index is 0.0441. The highest BCUT2D eigenvalue weighted by Gasteiger charge is 2.25. The van der Waals surface area contributed by atoms with Crippen LogP contribution in [0.4, 0.5) is 4.79 Å². The minimum Gasteiger partial charge on any atom is -0.450 e. The van der Waals surface area contributed by atoms with Gasteiger partial charge in [-0.15, -0.1) is 0 Å². The Kier molecular flexibility index (Phi) is 10.8. The van der Waals surface area contributed by atoms with Gasteiger partial charge in [-0.1, -0.05) is 40.0 Å². The van der Waals surface area contributed by atoms with E-state index in [4.69, 9.17) is 19.6 Å². The Bertz CT molecular complexity index is 208. The van der Waals surface area contributed by atoms with Crippen LogP contribution in [0.25, 0.3) is 0 Å². The number of hydrogen-bond donors (Lipinski definition) is 1. The molecule has 0 aliphatic heterocycles. The van der Waals surface area contributed by atoms with Gasteiger partial charge in [0, 0.05) is 5.92 Å². The summed E-state index contributed by atoms with van der Waals surface area (Å²) in [6.07, 6.45) is 3.50. The molecular weight excluding hydrogens is 236 g/mol. The smallest absolute Gasteiger partial charge is 0.450 e. The minimum atomic E-state index is -1.32. The van der Waals surface area contributed by atoms with Gasteiger partial charge in [0.2, 0.25) is 6.29 Å². The summed E-state index contributed by atoms with van der Waals surface area (Å²) >= 11 is 0. The molecule has 0 rings (SSSR count). The molecule has 5 nitrogen and oxygen atoms in total. The molecule has 0 fully saturated rings. The van der Waals surface area contributed by atoms with Crippen molar-refractivity contribution < 1.29 is 24.4 Å². The van der Waals surface area contributed by atoms with Gasteiger partial charge in [-0.2, -0.15) is 4.89 Å². The van der Waals surface area contributed by atoms with E-state index in [2.05, 4.69) is 6.92 Å². The highest BCUT2D eigenvalue weighted by molar-refractivity contribution is 5.56. The van der Waals surface area contributed by atoms with Crippen LogP contribution in [0.3, 0.4) is 0 Å². The first-order valence-corrected chi connectivity index (χ1v) is 6.83. The fourth-order valence-electron chi connectivity index (χ4n) is 1.61. The van der Waals surface area contributed by atoms with Crippen molar-refractivity contribution in [2.24, 2.45) is 5.92 Å². The van der Waals surface area contributed by atoms with E-state index in [9.17, 15) is 4.79 Å². The standard InChI is InChI=1S/C13H26O5/c1-4-7-9-11(6-3)12(17-13(14)15)18-16-10-8-5-2/h11-12H,4-10H2,1-3H3,(H,14,15)/t11-,12?/m1/s1. The van der Waals surface area contributed by atoms with Crippen LogP contribution in [-0.2, 0) is 14.5 Å². The lowest BCUT2D eigenvalue weighted by atomic mass is 9.99. The molecule has 0 radical (unpaired) electrons. The van der Waals surface area contributed by atoms with Gasteiger partial charge in [0.05, 0.1) is 6.61 Å². The highest BCUT2D eigenvalue weighted by Crippen LogP contribution is 2.21. The second-order valence-corrected chi connectivity index (χ2v) is 4.33. The van der Waals surface area contributed by atoms with E-state index in [1.54, 1.807) is 0 Å². The summed E-state index contributed by atoms with van der Waals surface area (Å²) in [5.41, 5.74) is 0. The van der Waals surface area contributed by atoms with Crippen molar-refractivity contribution in [3.8, 4) is 0 Å². The van der Waals surface area contributed by atoms with E-state index in [-0.39, 0.29) is 5.92 Å². The number of ether oxygens (including phenoxy) is 1. The van der Waals surface area contributed by atoms with Crippen LogP contribution in [0.1, 0.15) is 59.3 Å². The van der Waals surface area contributed by atoms with E-state index >= 15 is 0 Å². The molecule has 5 heteroatoms. The first-order chi connectivity index (χ1) is 8.65. The monoisotopic (exact) mass is 262 g/mol. The SMILES string of the molecule is CCCCOOC(OC(=O)O)[C@H](CC)CCCC. The van der Waals surface area contributed by atoms with E-state index in [1.807, 2.05) is 13.8 Å². The molecule has 0 aromatic heterocycles. The molecule has 0 aliphatic rings. The lowest BCUT2D eigenvalue weighted by molar-refractivity contribution is -0.381. The van der Waals surface area contributed by atoms with Crippen molar-refractivity contribution in [1.82, 2.24) is 0 Å². The van der Waals surface area contributed by atoms with Crippen molar-refractivity contribution in [2.45, 2.75) is 65.6 Å². The van der Waals surface area contributed by atoms with Crippen LogP contribution in [0.2, 0.25) is 0 Å². The predicted octanol–water partition coefficient (Wildman–Crippen LogP) is 3.97. The van der Waals surface area contributed by atoms with Crippen LogP contribution in [-0.4, -0.2) is 24.2 Å². The third-order valence-corrected chi connectivity index (χ3v) is 2.80. The summed E-state index contributed by atoms with van der Waals surface area (Å²) in [4.78, 5) is 20.7. The molecule has 0 saturated heterocycles. The highest BCUT2D eigenvalue weighted by atomic mass is 17.2. The fraction of sp³-hybridized carbons (Fsp3) is 0.923. The second kappa shape index (κ2) is 11.3. The van der Waals surface area contributed by atoms with Crippen LogP contribution in [0.15, 0.2) is 0 Å². The van der Waals surface area contributed by atoms with Crippen LogP contribution in [0.5, 0.6) is 0 Å². The summed E-state index contributed by atoms with van der Waals surface area (Å²) < 4.78 is 4.75. The molecule has 0 aromatic carbocycles. The Morgan fingerprint density at radius 3 is 2.33 bits per heavy atom. The average molecular weight is 262 g/mol. The molecule has 0 amide bonds. The van der Waals surface area contributed by atoms with Crippen molar-refractivity contribution in [2.75, 3.05) is 6.61 Å². The normalized spacial score (nSPS) is 14.2. The summed E-state index contributed by atoms with van der Waals surface area (Å²) in [7, 11) is 0. The van der Waals surface area contributed by atoms with Crippen LogP contribution in [0, 0.1) is 5.92 Å². The van der Waals surface area contributed by atoms with Gasteiger partial charge >= 0.3 is 6.16 Å². The van der Waals surface area contributed by atoms with Gasteiger partial charge < -0.3 is 9.84 Å². The second-order valence-electron chi connectivity index (χ2n) is 4.33. The Morgan fingerprint density at radius 1 is 1.17 bits per heavy atom. The molecule has 108 valence electrons. The van der Waals surface area contributed by atoms with Gasteiger partial charge in [-0.05, 0) is 19.3 Å². The molecule has 0 saturated carbocycles. The summed E-state index contributed by atoms with van der Waals surface area (Å²) in [6, 6.07) is 0. The van der Waals surface area contributed by atoms with Crippen molar-refractivity contribution in [1.29, 1.82) is 0 Å². The maximum atomic E-state index is 10.6. The summed E-state index contributed by atoms with van der Waals surface area (Å²) in [5, 5.41) is 8.70. The summed E-state index contributed by atoms with van der Waals surface area (Å²) in [5.74, 6) is 0.0441. The number of rotatable bonds is 11. The Hall–Kier alpha value is -0.810. The van der Waals surface area contributed by atoms with Crippen LogP contribution >= 0.6 is 0 Å². The van der Waals surface area contributed by atoms with Crippen molar-refractivity contribution >= 4 is 6.16 Å². The zero-order valence-corrected chi connectivity index (χ0v) is 11.7. The molecule has 0 aromatic rings. The van der Waals surface area contributed by atoms with E-state index in [0.717, 1.165) is 38.5 Å². The zero-order chi connectivity index (χ0) is 13.8. The largest absolute Gasteiger partial charge is 0.508 e. The first kappa shape index (κ1) is 17.2. The first-order valence-electron chi connectivity index (χ1n) is 6.83. The molecule has 0 heterocycles. The van der Waals surface area contributed by atoms with Gasteiger partial charge in [-0.3, -0.25) is 0 Å². The van der Waals surface area contributed by atoms with Gasteiger partial charge in [0.15, 0.2) is 0 Å². The predicted molar refractivity (Wildman–Crippen MR) is 68.1 cm³/mol. The van der Waals surface area contributed by atoms with E-state index in [1.165, 1.54) is 0 Å². The maximum Gasteiger partial charge on any atom is 0.508 e. The molecule has 0 bridgehead atoms. The molecule has 18 heavy (non-hydrogen) atoms. The lowest BCUT2D eigenvalue weighted by Crippen LogP contribution is -2.29. The van der Waals surface area contributed by atoms with Gasteiger partial charge in [0.25, 0.3) is 0 Å². The van der Waals surface area contributed by atoms with Gasteiger partial charge in [0.1, 0.15) is 0 Å². The van der Waals surface area contributed by atoms with Crippen molar-refractivity contribution in [3.05, 3.63) is 0 Å². The molecule has 1 unspecified atom stereocenters. The Balaban J connectivity index is 4.19. The molecule has 1 N–H and O–H groups in total. The Morgan fingerprint density at radius 2 is 1.83 bits per heavy atom. The topological polar surface area (TPSA) is 65.0 Å². The number of carbonyl (C=O) groups is 1. The lowest BCUT2D eigenvalue weighted by Gasteiger charge is -2.23. The Labute approximate surface area is 109 Å². The molecular formula is C13H26O5. The maximum absolute atomic E-state index is 10.6. The van der Waals surface area contributed by atoms with Crippen molar-refractivity contribution in [3.63, 3.8) is 0 Å². The molecule has 0 aliphatic carbocycles. The number of hydrogen-bond acceptors (Lipinski definition) is 4. The van der Waals surface area contributed by atoms with E-state index in [0.29, 0.717) is 6.61 Å². The average Bonchev–Trinajstić information content (AvgIpc) is 2.34. The third kappa shape index (κ3) is 8.31. The third-order valence-electron chi connectivity index (χ3n) is 2.80. The number of unbranched alkanes of at least 4 members (excludes halogenated alkanes) is 2. The molecule has 2 atom stereocenters. The number of carboxylic acid groups (broad SMARTS) is 1. The quantitative estimate of drug-likeness (QED) is 0.201. The molecule has 0 spiro atoms.